The molecule has 0 bridgehead atoms. The first-order chi connectivity index (χ1) is 9.21. The van der Waals surface area contributed by atoms with Crippen LogP contribution in [0.3, 0.4) is 0 Å². The zero-order valence-corrected chi connectivity index (χ0v) is 11.4. The molecular formula is C14H17NO4. The maximum absolute atomic E-state index is 11.9. The molecule has 19 heavy (non-hydrogen) atoms. The van der Waals surface area contributed by atoms with Gasteiger partial charge in [-0.2, -0.15) is 0 Å². The number of aliphatic imine (C=N–C) groups is 1. The highest BCUT2D eigenvalue weighted by molar-refractivity contribution is 6.44. The highest BCUT2D eigenvalue weighted by atomic mass is 16.5. The zero-order valence-electron chi connectivity index (χ0n) is 11.4. The maximum Gasteiger partial charge on any atom is 0.357 e. The van der Waals surface area contributed by atoms with Crippen LogP contribution in [0, 0.1) is 0 Å². The molecular weight excluding hydrogens is 246 g/mol. The van der Waals surface area contributed by atoms with Crippen molar-refractivity contribution in [3.8, 4) is 11.5 Å². The largest absolute Gasteiger partial charge is 0.493 e. The second-order valence-electron chi connectivity index (χ2n) is 4.07. The molecule has 0 N–H and O–H groups in total. The smallest absolute Gasteiger partial charge is 0.357 e. The van der Waals surface area contributed by atoms with Gasteiger partial charge in [-0.05, 0) is 31.0 Å². The first-order valence-electron chi connectivity index (χ1n) is 6.18. The molecule has 0 unspecified atom stereocenters. The Bertz CT molecular complexity index is 522. The molecule has 0 aliphatic carbocycles. The molecule has 1 aliphatic rings. The number of nitrogens with zero attached hydrogens (tertiary/aromatic N) is 1. The van der Waals surface area contributed by atoms with Crippen molar-refractivity contribution in [1.82, 2.24) is 0 Å². The summed E-state index contributed by atoms with van der Waals surface area (Å²) >= 11 is 0. The molecule has 1 aromatic carbocycles. The maximum atomic E-state index is 11.9. The third-order valence-corrected chi connectivity index (χ3v) is 2.98. The lowest BCUT2D eigenvalue weighted by atomic mass is 9.96. The van der Waals surface area contributed by atoms with Gasteiger partial charge in [0, 0.05) is 12.1 Å². The minimum absolute atomic E-state index is 0.334. The van der Waals surface area contributed by atoms with Crippen molar-refractivity contribution in [2.24, 2.45) is 4.99 Å². The third-order valence-electron chi connectivity index (χ3n) is 2.98. The van der Waals surface area contributed by atoms with E-state index in [9.17, 15) is 4.79 Å². The highest BCUT2D eigenvalue weighted by Gasteiger charge is 2.24. The van der Waals surface area contributed by atoms with E-state index < -0.39 is 5.97 Å². The quantitative estimate of drug-likeness (QED) is 0.774. The van der Waals surface area contributed by atoms with E-state index in [4.69, 9.17) is 14.2 Å². The van der Waals surface area contributed by atoms with Gasteiger partial charge >= 0.3 is 5.97 Å². The van der Waals surface area contributed by atoms with Gasteiger partial charge in [0.05, 0.1) is 20.8 Å². The fourth-order valence-corrected chi connectivity index (χ4v) is 2.10. The van der Waals surface area contributed by atoms with Crippen molar-refractivity contribution in [2.75, 3.05) is 27.4 Å². The van der Waals surface area contributed by atoms with Crippen LogP contribution in [0.4, 0.5) is 0 Å². The Morgan fingerprint density at radius 3 is 2.58 bits per heavy atom. The number of fused-ring (bicyclic) bond motifs is 1. The molecule has 5 nitrogen and oxygen atoms in total. The fraction of sp³-hybridized carbons (Fsp3) is 0.429. The Kier molecular flexibility index (Phi) is 4.04. The standard InChI is InChI=1S/C14H17NO4/c1-4-19-14(16)13-10-8-12(18-3)11(17-2)7-9(10)5-6-15-13/h7-8H,4-6H2,1-3H3. The second kappa shape index (κ2) is 5.73. The van der Waals surface area contributed by atoms with Gasteiger partial charge in [0.15, 0.2) is 17.2 Å². The van der Waals surface area contributed by atoms with Gasteiger partial charge in [-0.15, -0.1) is 0 Å². The molecule has 0 radical (unpaired) electrons. The van der Waals surface area contributed by atoms with Crippen LogP contribution in [0.1, 0.15) is 18.1 Å². The molecule has 5 heteroatoms. The van der Waals surface area contributed by atoms with Gasteiger partial charge in [-0.1, -0.05) is 0 Å². The first-order valence-corrected chi connectivity index (χ1v) is 6.18. The normalized spacial score (nSPS) is 13.3. The van der Waals surface area contributed by atoms with Gasteiger partial charge in [-0.25, -0.2) is 4.79 Å². The van der Waals surface area contributed by atoms with E-state index in [1.54, 1.807) is 27.2 Å². The van der Waals surface area contributed by atoms with Crippen LogP contribution in [0.25, 0.3) is 0 Å². The average molecular weight is 263 g/mol. The van der Waals surface area contributed by atoms with E-state index in [0.29, 0.717) is 30.4 Å². The van der Waals surface area contributed by atoms with Crippen LogP contribution in [-0.2, 0) is 16.0 Å². The predicted octanol–water partition coefficient (Wildman–Crippen LogP) is 1.61. The number of hydrogen-bond acceptors (Lipinski definition) is 5. The van der Waals surface area contributed by atoms with Crippen molar-refractivity contribution < 1.29 is 19.0 Å². The minimum Gasteiger partial charge on any atom is -0.493 e. The molecule has 2 rings (SSSR count). The lowest BCUT2D eigenvalue weighted by Gasteiger charge is -2.18. The minimum atomic E-state index is -0.393. The number of ether oxygens (including phenoxy) is 3. The van der Waals surface area contributed by atoms with E-state index >= 15 is 0 Å². The lowest BCUT2D eigenvalue weighted by molar-refractivity contribution is -0.134. The van der Waals surface area contributed by atoms with Gasteiger partial charge < -0.3 is 14.2 Å². The summed E-state index contributed by atoms with van der Waals surface area (Å²) < 4.78 is 15.5. The van der Waals surface area contributed by atoms with E-state index in [-0.39, 0.29) is 0 Å². The van der Waals surface area contributed by atoms with Crippen LogP contribution in [-0.4, -0.2) is 39.1 Å². The van der Waals surface area contributed by atoms with E-state index in [1.165, 1.54) is 0 Å². The summed E-state index contributed by atoms with van der Waals surface area (Å²) in [5.74, 6) is 0.849. The molecule has 0 saturated heterocycles. The van der Waals surface area contributed by atoms with E-state index in [0.717, 1.165) is 17.5 Å². The Morgan fingerprint density at radius 2 is 1.95 bits per heavy atom. The van der Waals surface area contributed by atoms with Crippen molar-refractivity contribution >= 4 is 11.7 Å². The van der Waals surface area contributed by atoms with Crippen LogP contribution >= 0.6 is 0 Å². The molecule has 1 aliphatic heterocycles. The third kappa shape index (κ3) is 2.54. The summed E-state index contributed by atoms with van der Waals surface area (Å²) in [5.41, 5.74) is 2.15. The summed E-state index contributed by atoms with van der Waals surface area (Å²) in [7, 11) is 3.15. The molecule has 0 spiro atoms. The molecule has 0 atom stereocenters. The number of carbonyl (C=O) groups is 1. The topological polar surface area (TPSA) is 57.1 Å². The van der Waals surface area contributed by atoms with Crippen molar-refractivity contribution in [3.05, 3.63) is 23.3 Å². The molecule has 0 fully saturated rings. The molecule has 0 saturated carbocycles. The van der Waals surface area contributed by atoms with Gasteiger partial charge in [0.25, 0.3) is 0 Å². The van der Waals surface area contributed by atoms with Crippen molar-refractivity contribution in [2.45, 2.75) is 13.3 Å². The SMILES string of the molecule is CCOC(=O)C1=NCCc2cc(OC)c(OC)cc21. The van der Waals surface area contributed by atoms with E-state index in [2.05, 4.69) is 4.99 Å². The van der Waals surface area contributed by atoms with Gasteiger partial charge in [0.1, 0.15) is 0 Å². The first kappa shape index (κ1) is 13.4. The Morgan fingerprint density at radius 1 is 1.26 bits per heavy atom. The fourth-order valence-electron chi connectivity index (χ4n) is 2.10. The van der Waals surface area contributed by atoms with Crippen molar-refractivity contribution in [3.63, 3.8) is 0 Å². The van der Waals surface area contributed by atoms with Crippen LogP contribution in [0.2, 0.25) is 0 Å². The van der Waals surface area contributed by atoms with Gasteiger partial charge in [0.2, 0.25) is 0 Å². The van der Waals surface area contributed by atoms with E-state index in [1.807, 2.05) is 6.07 Å². The average Bonchev–Trinajstić information content (AvgIpc) is 2.45. The zero-order chi connectivity index (χ0) is 13.8. The van der Waals surface area contributed by atoms with Gasteiger partial charge in [-0.3, -0.25) is 4.99 Å². The summed E-state index contributed by atoms with van der Waals surface area (Å²) in [4.78, 5) is 16.2. The Balaban J connectivity index is 2.45. The number of methoxy groups -OCH3 is 2. The number of rotatable bonds is 4. The van der Waals surface area contributed by atoms with Crippen LogP contribution < -0.4 is 9.47 Å². The molecule has 0 aromatic heterocycles. The number of hydrogen-bond donors (Lipinski definition) is 0. The Hall–Kier alpha value is -2.04. The van der Waals surface area contributed by atoms with Crippen LogP contribution in [0.15, 0.2) is 17.1 Å². The van der Waals surface area contributed by atoms with Crippen LogP contribution in [0.5, 0.6) is 11.5 Å². The second-order valence-corrected chi connectivity index (χ2v) is 4.07. The predicted molar refractivity (Wildman–Crippen MR) is 71.3 cm³/mol. The highest BCUT2D eigenvalue weighted by Crippen LogP contribution is 2.32. The molecule has 1 aromatic rings. The summed E-state index contributed by atoms with van der Waals surface area (Å²) in [6.07, 6.45) is 0.776. The molecule has 0 amide bonds. The molecule has 102 valence electrons. The molecule has 1 heterocycles. The summed E-state index contributed by atoms with van der Waals surface area (Å²) in [6, 6.07) is 3.67. The number of esters is 1. The number of benzene rings is 1. The summed E-state index contributed by atoms with van der Waals surface area (Å²) in [6.45, 7) is 2.69. The Labute approximate surface area is 112 Å². The summed E-state index contributed by atoms with van der Waals surface area (Å²) in [5, 5.41) is 0. The lowest BCUT2D eigenvalue weighted by Crippen LogP contribution is -2.24. The number of carbonyl (C=O) groups excluding carboxylic acids is 1. The monoisotopic (exact) mass is 263 g/mol. The van der Waals surface area contributed by atoms with Crippen molar-refractivity contribution in [1.29, 1.82) is 0 Å².